The topological polar surface area (TPSA) is 105 Å². The van der Waals surface area contributed by atoms with Crippen molar-refractivity contribution in [2.24, 2.45) is 5.92 Å². The summed E-state index contributed by atoms with van der Waals surface area (Å²) in [4.78, 5) is 51.6. The molecule has 1 saturated heterocycles. The molecule has 0 unspecified atom stereocenters. The van der Waals surface area contributed by atoms with Gasteiger partial charge in [0.25, 0.3) is 11.8 Å². The van der Waals surface area contributed by atoms with Gasteiger partial charge in [0.1, 0.15) is 0 Å². The third-order valence-corrected chi connectivity index (χ3v) is 6.58. The molecule has 1 aliphatic heterocycles. The number of benzene rings is 2. The van der Waals surface area contributed by atoms with Crippen LogP contribution in [0.1, 0.15) is 32.9 Å². The number of nitrogens with zero attached hydrogens (tertiary/aromatic N) is 1. The van der Waals surface area contributed by atoms with Crippen LogP contribution >= 0.6 is 11.3 Å². The Morgan fingerprint density at radius 1 is 0.857 bits per heavy atom. The van der Waals surface area contributed by atoms with E-state index in [4.69, 9.17) is 4.74 Å². The molecule has 0 radical (unpaired) electrons. The molecule has 1 aliphatic rings. The lowest BCUT2D eigenvalue weighted by molar-refractivity contribution is -0.137. The summed E-state index contributed by atoms with van der Waals surface area (Å²) in [6, 6.07) is 19.1. The molecule has 1 fully saturated rings. The molecule has 0 saturated carbocycles. The summed E-state index contributed by atoms with van der Waals surface area (Å²) in [5.74, 6) is -1.35. The molecular formula is C26H25N3O5S. The molecule has 3 amide bonds. The zero-order valence-corrected chi connectivity index (χ0v) is 19.8. The lowest BCUT2D eigenvalue weighted by Gasteiger charge is -2.31. The second-order valence-electron chi connectivity index (χ2n) is 8.10. The van der Waals surface area contributed by atoms with Crippen molar-refractivity contribution in [1.82, 2.24) is 4.90 Å². The van der Waals surface area contributed by atoms with E-state index in [1.54, 1.807) is 29.2 Å². The average Bonchev–Trinajstić information content (AvgIpc) is 3.44. The fraction of sp³-hybridized carbons (Fsp3) is 0.231. The normalized spacial score (nSPS) is 13.7. The molecule has 1 aromatic heterocycles. The van der Waals surface area contributed by atoms with Crippen LogP contribution in [0.4, 0.5) is 11.4 Å². The number of hydrogen-bond acceptors (Lipinski definition) is 6. The zero-order chi connectivity index (χ0) is 24.6. The van der Waals surface area contributed by atoms with Gasteiger partial charge < -0.3 is 20.3 Å². The maximum atomic E-state index is 12.5. The predicted molar refractivity (Wildman–Crippen MR) is 133 cm³/mol. The number of hydrogen-bond donors (Lipinski definition) is 2. The van der Waals surface area contributed by atoms with Crippen molar-refractivity contribution < 1.29 is 23.9 Å². The lowest BCUT2D eigenvalue weighted by atomic mass is 9.95. The summed E-state index contributed by atoms with van der Waals surface area (Å²) in [7, 11) is 0. The van der Waals surface area contributed by atoms with Crippen LogP contribution in [0.3, 0.4) is 0 Å². The highest BCUT2D eigenvalue weighted by Crippen LogP contribution is 2.20. The number of para-hydroxylation sites is 1. The fourth-order valence-electron chi connectivity index (χ4n) is 3.75. The van der Waals surface area contributed by atoms with Crippen molar-refractivity contribution in [3.05, 3.63) is 82.6 Å². The molecule has 0 atom stereocenters. The molecule has 9 heteroatoms. The fourth-order valence-corrected chi connectivity index (χ4v) is 4.37. The Balaban J connectivity index is 1.20. The van der Waals surface area contributed by atoms with Crippen LogP contribution in [0.5, 0.6) is 0 Å². The molecule has 3 aromatic rings. The van der Waals surface area contributed by atoms with Crippen LogP contribution in [0.2, 0.25) is 0 Å². The molecule has 2 N–H and O–H groups in total. The van der Waals surface area contributed by atoms with E-state index in [0.717, 1.165) is 5.69 Å². The van der Waals surface area contributed by atoms with Crippen LogP contribution < -0.4 is 10.6 Å². The monoisotopic (exact) mass is 491 g/mol. The maximum absolute atomic E-state index is 12.5. The van der Waals surface area contributed by atoms with E-state index in [1.807, 2.05) is 35.7 Å². The van der Waals surface area contributed by atoms with Gasteiger partial charge >= 0.3 is 5.97 Å². The number of thiophene rings is 1. The SMILES string of the molecule is O=C(OCC(=O)N1CCC(C(=O)Nc2ccccc2)CC1)c1ccc(NC(=O)c2cccs2)cc1. The first-order valence-electron chi connectivity index (χ1n) is 11.3. The van der Waals surface area contributed by atoms with Gasteiger partial charge in [-0.15, -0.1) is 11.3 Å². The van der Waals surface area contributed by atoms with Crippen molar-refractivity contribution in [3.8, 4) is 0 Å². The Morgan fingerprint density at radius 2 is 1.54 bits per heavy atom. The predicted octanol–water partition coefficient (Wildman–Crippen LogP) is 4.03. The van der Waals surface area contributed by atoms with E-state index < -0.39 is 5.97 Å². The summed E-state index contributed by atoms with van der Waals surface area (Å²) < 4.78 is 5.18. The third kappa shape index (κ3) is 6.54. The lowest BCUT2D eigenvalue weighted by Crippen LogP contribution is -2.43. The Bertz CT molecular complexity index is 1170. The van der Waals surface area contributed by atoms with Crippen LogP contribution in [0.25, 0.3) is 0 Å². The first-order chi connectivity index (χ1) is 17.0. The second-order valence-corrected chi connectivity index (χ2v) is 9.04. The van der Waals surface area contributed by atoms with Crippen LogP contribution in [0, 0.1) is 5.92 Å². The van der Waals surface area contributed by atoms with Crippen molar-refractivity contribution >= 4 is 46.4 Å². The van der Waals surface area contributed by atoms with Gasteiger partial charge in [-0.2, -0.15) is 0 Å². The van der Waals surface area contributed by atoms with E-state index in [0.29, 0.717) is 36.5 Å². The number of rotatable bonds is 7. The minimum Gasteiger partial charge on any atom is -0.452 e. The summed E-state index contributed by atoms with van der Waals surface area (Å²) in [5, 5.41) is 7.48. The average molecular weight is 492 g/mol. The van der Waals surface area contributed by atoms with E-state index >= 15 is 0 Å². The number of amides is 3. The standard InChI is InChI=1S/C26H25N3O5S/c30-23(29-14-12-18(13-15-29)24(31)27-20-5-2-1-3-6-20)17-34-26(33)19-8-10-21(11-9-19)28-25(32)22-7-4-16-35-22/h1-11,16,18H,12-15,17H2,(H,27,31)(H,28,32). The van der Waals surface area contributed by atoms with Gasteiger partial charge in [-0.3, -0.25) is 14.4 Å². The summed E-state index contributed by atoms with van der Waals surface area (Å²) in [6.07, 6.45) is 1.11. The molecule has 35 heavy (non-hydrogen) atoms. The van der Waals surface area contributed by atoms with E-state index in [2.05, 4.69) is 10.6 Å². The molecule has 8 nitrogen and oxygen atoms in total. The number of carbonyl (C=O) groups is 4. The van der Waals surface area contributed by atoms with Gasteiger partial charge in [0.15, 0.2) is 6.61 Å². The van der Waals surface area contributed by atoms with Crippen molar-refractivity contribution in [1.29, 1.82) is 0 Å². The minimum absolute atomic E-state index is 0.0512. The molecule has 2 aromatic carbocycles. The maximum Gasteiger partial charge on any atom is 0.338 e. The van der Waals surface area contributed by atoms with Crippen LogP contribution in [-0.2, 0) is 14.3 Å². The van der Waals surface area contributed by atoms with Gasteiger partial charge in [-0.1, -0.05) is 24.3 Å². The highest BCUT2D eigenvalue weighted by molar-refractivity contribution is 7.12. The molecule has 180 valence electrons. The van der Waals surface area contributed by atoms with Crippen molar-refractivity contribution in [2.75, 3.05) is 30.3 Å². The van der Waals surface area contributed by atoms with Crippen LogP contribution in [-0.4, -0.2) is 48.3 Å². The number of piperidine rings is 1. The Hall–Kier alpha value is -3.98. The minimum atomic E-state index is -0.619. The largest absolute Gasteiger partial charge is 0.452 e. The second kappa shape index (κ2) is 11.4. The van der Waals surface area contributed by atoms with Crippen molar-refractivity contribution in [3.63, 3.8) is 0 Å². The number of likely N-dealkylation sites (tertiary alicyclic amines) is 1. The number of anilines is 2. The molecule has 2 heterocycles. The van der Waals surface area contributed by atoms with E-state index in [-0.39, 0.29) is 35.8 Å². The molecule has 0 bridgehead atoms. The highest BCUT2D eigenvalue weighted by atomic mass is 32.1. The Labute approximate surface area is 206 Å². The quantitative estimate of drug-likeness (QED) is 0.486. The molecule has 0 spiro atoms. The van der Waals surface area contributed by atoms with Gasteiger partial charge in [-0.05, 0) is 60.7 Å². The zero-order valence-electron chi connectivity index (χ0n) is 18.9. The van der Waals surface area contributed by atoms with Gasteiger partial charge in [-0.25, -0.2) is 4.79 Å². The first kappa shape index (κ1) is 24.2. The Kier molecular flexibility index (Phi) is 7.89. The van der Waals surface area contributed by atoms with Gasteiger partial charge in [0.05, 0.1) is 10.4 Å². The number of nitrogens with one attached hydrogen (secondary N) is 2. The molecular weight excluding hydrogens is 466 g/mol. The molecule has 4 rings (SSSR count). The summed E-state index contributed by atoms with van der Waals surface area (Å²) in [5.41, 5.74) is 1.58. The summed E-state index contributed by atoms with van der Waals surface area (Å²) >= 11 is 1.34. The third-order valence-electron chi connectivity index (χ3n) is 5.71. The number of esters is 1. The summed E-state index contributed by atoms with van der Waals surface area (Å²) in [6.45, 7) is 0.500. The number of carbonyl (C=O) groups excluding carboxylic acids is 4. The van der Waals surface area contributed by atoms with E-state index in [9.17, 15) is 19.2 Å². The van der Waals surface area contributed by atoms with Crippen LogP contribution in [0.15, 0.2) is 72.1 Å². The highest BCUT2D eigenvalue weighted by Gasteiger charge is 2.28. The molecule has 0 aliphatic carbocycles. The number of ether oxygens (including phenoxy) is 1. The van der Waals surface area contributed by atoms with Gasteiger partial charge in [0.2, 0.25) is 5.91 Å². The van der Waals surface area contributed by atoms with E-state index in [1.165, 1.54) is 23.5 Å². The Morgan fingerprint density at radius 3 is 2.20 bits per heavy atom. The van der Waals surface area contributed by atoms with Gasteiger partial charge in [0, 0.05) is 30.4 Å². The first-order valence-corrected chi connectivity index (χ1v) is 12.1. The smallest absolute Gasteiger partial charge is 0.338 e. The van der Waals surface area contributed by atoms with Crippen molar-refractivity contribution in [2.45, 2.75) is 12.8 Å².